The van der Waals surface area contributed by atoms with E-state index in [1.807, 2.05) is 6.07 Å². The maximum Gasteiger partial charge on any atom is 0.193 e. The molecule has 0 saturated heterocycles. The molecule has 0 aliphatic heterocycles. The Bertz CT molecular complexity index is 634. The predicted octanol–water partition coefficient (Wildman–Crippen LogP) is 3.91. The van der Waals surface area contributed by atoms with Gasteiger partial charge >= 0.3 is 0 Å². The van der Waals surface area contributed by atoms with Gasteiger partial charge < -0.3 is 10.2 Å². The van der Waals surface area contributed by atoms with Crippen LogP contribution in [0.15, 0.2) is 40.7 Å². The van der Waals surface area contributed by atoms with E-state index in [2.05, 4.69) is 72.7 Å². The Morgan fingerprint density at radius 1 is 1.29 bits per heavy atom. The molecule has 1 N–H and O–H groups in total. The summed E-state index contributed by atoms with van der Waals surface area (Å²) in [4.78, 5) is 11.6. The van der Waals surface area contributed by atoms with Crippen LogP contribution in [0.1, 0.15) is 43.0 Å². The van der Waals surface area contributed by atoms with Crippen LogP contribution in [0.2, 0.25) is 0 Å². The first-order valence-electron chi connectivity index (χ1n) is 8.57. The summed E-state index contributed by atoms with van der Waals surface area (Å²) in [5.41, 5.74) is 2.43. The number of hydrogen-bond acceptors (Lipinski definition) is 3. The van der Waals surface area contributed by atoms with Crippen molar-refractivity contribution in [3.05, 3.63) is 52.0 Å². The summed E-state index contributed by atoms with van der Waals surface area (Å²) >= 11 is 1.75. The second-order valence-electron chi connectivity index (χ2n) is 6.16. The SMILES string of the molecule is CCNC(=NCCc1csc(C(C)C)n1)N(C)Cc1ccccc1. The summed E-state index contributed by atoms with van der Waals surface area (Å²) < 4.78 is 0. The fraction of sp³-hybridized carbons (Fsp3) is 0.474. The molecule has 2 rings (SSSR count). The number of guanidine groups is 1. The average molecular weight is 345 g/mol. The molecule has 0 aliphatic rings. The molecule has 1 aromatic carbocycles. The minimum atomic E-state index is 0.501. The van der Waals surface area contributed by atoms with Gasteiger partial charge in [-0.15, -0.1) is 11.3 Å². The normalized spacial score (nSPS) is 11.8. The first-order chi connectivity index (χ1) is 11.6. The predicted molar refractivity (Wildman–Crippen MR) is 104 cm³/mol. The molecule has 0 fully saturated rings. The van der Waals surface area contributed by atoms with Crippen LogP contribution >= 0.6 is 11.3 Å². The summed E-state index contributed by atoms with van der Waals surface area (Å²) in [5, 5.41) is 6.74. The average Bonchev–Trinajstić information content (AvgIpc) is 3.04. The number of thiazole rings is 1. The lowest BCUT2D eigenvalue weighted by Gasteiger charge is -2.22. The monoisotopic (exact) mass is 344 g/mol. The molecule has 0 radical (unpaired) electrons. The zero-order valence-electron chi connectivity index (χ0n) is 15.1. The third-order valence-corrected chi connectivity index (χ3v) is 4.85. The summed E-state index contributed by atoms with van der Waals surface area (Å²) in [6, 6.07) is 10.5. The van der Waals surface area contributed by atoms with Crippen LogP contribution in [0.25, 0.3) is 0 Å². The van der Waals surface area contributed by atoms with Crippen molar-refractivity contribution >= 4 is 17.3 Å². The number of nitrogens with one attached hydrogen (secondary N) is 1. The molecule has 0 saturated carbocycles. The van der Waals surface area contributed by atoms with Crippen molar-refractivity contribution in [1.29, 1.82) is 0 Å². The second kappa shape index (κ2) is 9.42. The lowest BCUT2D eigenvalue weighted by Crippen LogP contribution is -2.38. The van der Waals surface area contributed by atoms with Crippen molar-refractivity contribution in [3.63, 3.8) is 0 Å². The highest BCUT2D eigenvalue weighted by Crippen LogP contribution is 2.19. The fourth-order valence-corrected chi connectivity index (χ4v) is 3.25. The number of benzene rings is 1. The fourth-order valence-electron chi connectivity index (χ4n) is 2.38. The number of rotatable bonds is 7. The van der Waals surface area contributed by atoms with Gasteiger partial charge in [-0.05, 0) is 12.5 Å². The Labute approximate surface area is 149 Å². The highest BCUT2D eigenvalue weighted by molar-refractivity contribution is 7.09. The van der Waals surface area contributed by atoms with Gasteiger partial charge in [0.2, 0.25) is 0 Å². The van der Waals surface area contributed by atoms with Gasteiger partial charge in [0.05, 0.1) is 10.7 Å². The number of hydrogen-bond donors (Lipinski definition) is 1. The molecule has 4 nitrogen and oxygen atoms in total. The van der Waals surface area contributed by atoms with Crippen LogP contribution in [0.3, 0.4) is 0 Å². The summed E-state index contributed by atoms with van der Waals surface area (Å²) in [5.74, 6) is 1.45. The topological polar surface area (TPSA) is 40.5 Å². The molecule has 2 aromatic rings. The molecule has 5 heteroatoms. The number of aliphatic imine (C=N–C) groups is 1. The Morgan fingerprint density at radius 3 is 2.67 bits per heavy atom. The molecule has 130 valence electrons. The molecule has 0 unspecified atom stereocenters. The molecule has 0 aliphatic carbocycles. The van der Waals surface area contributed by atoms with E-state index in [0.717, 1.165) is 37.7 Å². The Balaban J connectivity index is 1.93. The van der Waals surface area contributed by atoms with Crippen LogP contribution in [0.4, 0.5) is 0 Å². The lowest BCUT2D eigenvalue weighted by molar-refractivity contribution is 0.477. The van der Waals surface area contributed by atoms with Crippen molar-refractivity contribution in [1.82, 2.24) is 15.2 Å². The zero-order chi connectivity index (χ0) is 17.4. The van der Waals surface area contributed by atoms with E-state index in [4.69, 9.17) is 4.99 Å². The third-order valence-electron chi connectivity index (χ3n) is 3.65. The summed E-state index contributed by atoms with van der Waals surface area (Å²) in [6.07, 6.45) is 0.886. The molecular formula is C19H28N4S. The van der Waals surface area contributed by atoms with Gasteiger partial charge in [0.15, 0.2) is 5.96 Å². The maximum atomic E-state index is 4.76. The van der Waals surface area contributed by atoms with Gasteiger partial charge in [-0.25, -0.2) is 4.98 Å². The van der Waals surface area contributed by atoms with Crippen LogP contribution in [-0.2, 0) is 13.0 Å². The molecule has 0 spiro atoms. The van der Waals surface area contributed by atoms with Gasteiger partial charge in [-0.3, -0.25) is 4.99 Å². The highest BCUT2D eigenvalue weighted by Gasteiger charge is 2.08. The molecule has 1 aromatic heterocycles. The number of aromatic nitrogens is 1. The molecule has 1 heterocycles. The third kappa shape index (κ3) is 5.64. The minimum absolute atomic E-state index is 0.501. The van der Waals surface area contributed by atoms with Crippen molar-refractivity contribution < 1.29 is 0 Å². The largest absolute Gasteiger partial charge is 0.357 e. The molecule has 0 atom stereocenters. The second-order valence-corrected chi connectivity index (χ2v) is 7.05. The van der Waals surface area contributed by atoms with Gasteiger partial charge in [0.25, 0.3) is 0 Å². The summed E-state index contributed by atoms with van der Waals surface area (Å²) in [7, 11) is 2.08. The maximum absolute atomic E-state index is 4.76. The van der Waals surface area contributed by atoms with E-state index in [-0.39, 0.29) is 0 Å². The number of nitrogens with zero attached hydrogens (tertiary/aromatic N) is 3. The van der Waals surface area contributed by atoms with E-state index in [9.17, 15) is 0 Å². The van der Waals surface area contributed by atoms with E-state index in [1.54, 1.807) is 11.3 Å². The standard InChI is InChI=1S/C19H28N4S/c1-5-20-19(23(4)13-16-9-7-6-8-10-16)21-12-11-17-14-24-18(22-17)15(2)3/h6-10,14-15H,5,11-13H2,1-4H3,(H,20,21). The van der Waals surface area contributed by atoms with Crippen LogP contribution in [-0.4, -0.2) is 36.0 Å². The van der Waals surface area contributed by atoms with Crippen molar-refractivity contribution in [3.8, 4) is 0 Å². The molecule has 0 amide bonds. The molecule has 0 bridgehead atoms. The first kappa shape index (κ1) is 18.5. The van der Waals surface area contributed by atoms with Crippen molar-refractivity contribution in [2.45, 2.75) is 39.7 Å². The van der Waals surface area contributed by atoms with E-state index >= 15 is 0 Å². The highest BCUT2D eigenvalue weighted by atomic mass is 32.1. The Kier molecular flexibility index (Phi) is 7.25. The van der Waals surface area contributed by atoms with Gasteiger partial charge in [-0.1, -0.05) is 44.2 Å². The molecular weight excluding hydrogens is 316 g/mol. The minimum Gasteiger partial charge on any atom is -0.357 e. The van der Waals surface area contributed by atoms with Gasteiger partial charge in [0.1, 0.15) is 0 Å². The first-order valence-corrected chi connectivity index (χ1v) is 9.45. The smallest absolute Gasteiger partial charge is 0.193 e. The Hall–Kier alpha value is -1.88. The van der Waals surface area contributed by atoms with Crippen LogP contribution < -0.4 is 5.32 Å². The summed E-state index contributed by atoms with van der Waals surface area (Å²) in [6.45, 7) is 8.93. The van der Waals surface area contributed by atoms with Crippen molar-refractivity contribution in [2.24, 2.45) is 4.99 Å². The van der Waals surface area contributed by atoms with Crippen LogP contribution in [0.5, 0.6) is 0 Å². The van der Waals surface area contributed by atoms with Gasteiger partial charge in [-0.2, -0.15) is 0 Å². The van der Waals surface area contributed by atoms with Crippen LogP contribution in [0, 0.1) is 0 Å². The van der Waals surface area contributed by atoms with E-state index in [1.165, 1.54) is 10.6 Å². The molecule has 24 heavy (non-hydrogen) atoms. The van der Waals surface area contributed by atoms with E-state index < -0.39 is 0 Å². The van der Waals surface area contributed by atoms with Crippen molar-refractivity contribution in [2.75, 3.05) is 20.1 Å². The Morgan fingerprint density at radius 2 is 2.04 bits per heavy atom. The quantitative estimate of drug-likeness (QED) is 0.611. The zero-order valence-corrected chi connectivity index (χ0v) is 15.9. The van der Waals surface area contributed by atoms with E-state index in [0.29, 0.717) is 5.92 Å². The lowest BCUT2D eigenvalue weighted by atomic mass is 10.2. The van der Waals surface area contributed by atoms with Gasteiger partial charge in [0, 0.05) is 44.4 Å².